The van der Waals surface area contributed by atoms with Gasteiger partial charge in [-0.15, -0.1) is 0 Å². The highest BCUT2D eigenvalue weighted by Gasteiger charge is 2.23. The molecule has 18 heavy (non-hydrogen) atoms. The maximum Gasteiger partial charge on any atom is 0.282 e. The highest BCUT2D eigenvalue weighted by atomic mass is 35.5. The van der Waals surface area contributed by atoms with Crippen LogP contribution in [0.5, 0.6) is 0 Å². The summed E-state index contributed by atoms with van der Waals surface area (Å²) in [6, 6.07) is 6.26. The van der Waals surface area contributed by atoms with E-state index in [1.54, 1.807) is 24.3 Å². The molecular formula is C11H6Cl2F2N2O. The second-order valence-electron chi connectivity index (χ2n) is 3.40. The number of carbonyl (C=O) groups is 1. The Bertz CT molecular complexity index is 581. The van der Waals surface area contributed by atoms with E-state index >= 15 is 0 Å². The molecule has 0 bridgehead atoms. The highest BCUT2D eigenvalue weighted by Crippen LogP contribution is 2.28. The van der Waals surface area contributed by atoms with E-state index in [-0.39, 0.29) is 17.0 Å². The summed E-state index contributed by atoms with van der Waals surface area (Å²) >= 11 is 11.6. The molecular weight excluding hydrogens is 285 g/mol. The Hall–Kier alpha value is -1.46. The summed E-state index contributed by atoms with van der Waals surface area (Å²) in [5, 5.41) is 3.98. The quantitative estimate of drug-likeness (QED) is 0.803. The number of rotatable bonds is 3. The van der Waals surface area contributed by atoms with Gasteiger partial charge >= 0.3 is 0 Å². The van der Waals surface area contributed by atoms with Crippen LogP contribution in [0.4, 0.5) is 8.78 Å². The van der Waals surface area contributed by atoms with Gasteiger partial charge in [0.15, 0.2) is 6.29 Å². The van der Waals surface area contributed by atoms with Gasteiger partial charge in [0, 0.05) is 5.02 Å². The van der Waals surface area contributed by atoms with Crippen molar-refractivity contribution < 1.29 is 13.6 Å². The molecule has 94 valence electrons. The van der Waals surface area contributed by atoms with Crippen molar-refractivity contribution in [3.8, 4) is 5.69 Å². The fourth-order valence-corrected chi connectivity index (χ4v) is 1.85. The molecule has 1 aromatic heterocycles. The van der Waals surface area contributed by atoms with Crippen LogP contribution in [0.3, 0.4) is 0 Å². The lowest BCUT2D eigenvalue weighted by Gasteiger charge is -2.02. The summed E-state index contributed by atoms with van der Waals surface area (Å²) in [6.07, 6.45) is -2.60. The van der Waals surface area contributed by atoms with Crippen molar-refractivity contribution in [2.75, 3.05) is 0 Å². The zero-order valence-electron chi connectivity index (χ0n) is 8.78. The number of aldehydes is 1. The molecule has 0 unspecified atom stereocenters. The standard InChI is InChI=1S/C11H6Cl2F2N2O/c12-6-1-3-7(4-2-6)17-10(13)8(5-18)9(16-17)11(14)15/h1-5,11H. The van der Waals surface area contributed by atoms with Gasteiger partial charge in [0.1, 0.15) is 10.8 Å². The molecule has 0 spiro atoms. The van der Waals surface area contributed by atoms with E-state index in [2.05, 4.69) is 5.10 Å². The summed E-state index contributed by atoms with van der Waals surface area (Å²) in [6.45, 7) is 0. The van der Waals surface area contributed by atoms with Gasteiger partial charge in [0.05, 0.1) is 11.3 Å². The van der Waals surface area contributed by atoms with Crippen molar-refractivity contribution in [3.05, 3.63) is 45.7 Å². The fraction of sp³-hybridized carbons (Fsp3) is 0.0909. The van der Waals surface area contributed by atoms with Crippen LogP contribution in [-0.4, -0.2) is 16.1 Å². The van der Waals surface area contributed by atoms with E-state index in [0.717, 1.165) is 4.68 Å². The average molecular weight is 291 g/mol. The van der Waals surface area contributed by atoms with E-state index < -0.39 is 12.1 Å². The van der Waals surface area contributed by atoms with Crippen molar-refractivity contribution in [2.24, 2.45) is 0 Å². The monoisotopic (exact) mass is 290 g/mol. The smallest absolute Gasteiger partial charge is 0.282 e. The summed E-state index contributed by atoms with van der Waals surface area (Å²) in [5.41, 5.74) is -0.494. The van der Waals surface area contributed by atoms with Crippen LogP contribution in [0, 0.1) is 0 Å². The highest BCUT2D eigenvalue weighted by molar-refractivity contribution is 6.32. The molecule has 1 heterocycles. The Morgan fingerprint density at radius 2 is 1.83 bits per heavy atom. The van der Waals surface area contributed by atoms with E-state index in [0.29, 0.717) is 10.7 Å². The van der Waals surface area contributed by atoms with Crippen molar-refractivity contribution in [3.63, 3.8) is 0 Å². The average Bonchev–Trinajstić information content (AvgIpc) is 2.67. The molecule has 0 atom stereocenters. The molecule has 1 aromatic carbocycles. The number of hydrogen-bond acceptors (Lipinski definition) is 2. The Kier molecular flexibility index (Phi) is 3.63. The molecule has 0 aliphatic heterocycles. The first-order valence-corrected chi connectivity index (χ1v) is 5.58. The third-order valence-corrected chi connectivity index (χ3v) is 2.90. The molecule has 0 amide bonds. The predicted octanol–water partition coefficient (Wildman–Crippen LogP) is 3.93. The lowest BCUT2D eigenvalue weighted by molar-refractivity contribution is 0.110. The normalized spacial score (nSPS) is 10.9. The number of aromatic nitrogens is 2. The SMILES string of the molecule is O=Cc1c(C(F)F)nn(-c2ccc(Cl)cc2)c1Cl. The van der Waals surface area contributed by atoms with Gasteiger partial charge in [0.25, 0.3) is 6.43 Å². The van der Waals surface area contributed by atoms with Crippen molar-refractivity contribution in [1.29, 1.82) is 0 Å². The molecule has 7 heteroatoms. The van der Waals surface area contributed by atoms with Crippen LogP contribution in [0.1, 0.15) is 22.5 Å². The number of halogens is 4. The number of benzene rings is 1. The van der Waals surface area contributed by atoms with Gasteiger partial charge in [-0.3, -0.25) is 4.79 Å². The van der Waals surface area contributed by atoms with Crippen LogP contribution in [-0.2, 0) is 0 Å². The predicted molar refractivity (Wildman–Crippen MR) is 63.9 cm³/mol. The topological polar surface area (TPSA) is 34.9 Å². The van der Waals surface area contributed by atoms with Crippen LogP contribution in [0.25, 0.3) is 5.69 Å². The Morgan fingerprint density at radius 3 is 2.28 bits per heavy atom. The summed E-state index contributed by atoms with van der Waals surface area (Å²) in [5.74, 6) is 0. The lowest BCUT2D eigenvalue weighted by Crippen LogP contribution is -1.97. The van der Waals surface area contributed by atoms with Crippen LogP contribution >= 0.6 is 23.2 Å². The van der Waals surface area contributed by atoms with Crippen molar-refractivity contribution >= 4 is 29.5 Å². The Balaban J connectivity index is 2.58. The fourth-order valence-electron chi connectivity index (χ4n) is 1.45. The zero-order valence-corrected chi connectivity index (χ0v) is 10.3. The second-order valence-corrected chi connectivity index (χ2v) is 4.19. The molecule has 0 saturated heterocycles. The van der Waals surface area contributed by atoms with E-state index in [1.807, 2.05) is 0 Å². The van der Waals surface area contributed by atoms with Gasteiger partial charge < -0.3 is 0 Å². The van der Waals surface area contributed by atoms with Crippen LogP contribution < -0.4 is 0 Å². The third kappa shape index (κ3) is 2.23. The maximum absolute atomic E-state index is 12.7. The minimum atomic E-state index is -2.86. The molecule has 0 radical (unpaired) electrons. The number of alkyl halides is 2. The van der Waals surface area contributed by atoms with Crippen LogP contribution in [0.2, 0.25) is 10.2 Å². The second kappa shape index (κ2) is 5.04. The van der Waals surface area contributed by atoms with Gasteiger partial charge in [0.2, 0.25) is 0 Å². The summed E-state index contributed by atoms with van der Waals surface area (Å²) in [4.78, 5) is 10.8. The van der Waals surface area contributed by atoms with Crippen molar-refractivity contribution in [1.82, 2.24) is 9.78 Å². The molecule has 0 aliphatic carbocycles. The van der Waals surface area contributed by atoms with E-state index in [1.165, 1.54) is 0 Å². The first kappa shape index (κ1) is 13.0. The first-order chi connectivity index (χ1) is 8.54. The molecule has 0 fully saturated rings. The van der Waals surface area contributed by atoms with Crippen molar-refractivity contribution in [2.45, 2.75) is 6.43 Å². The first-order valence-electron chi connectivity index (χ1n) is 4.82. The number of nitrogens with zero attached hydrogens (tertiary/aromatic N) is 2. The molecule has 0 saturated carbocycles. The molecule has 2 aromatic rings. The molecule has 0 aliphatic rings. The summed E-state index contributed by atoms with van der Waals surface area (Å²) < 4.78 is 26.4. The third-order valence-electron chi connectivity index (χ3n) is 2.29. The van der Waals surface area contributed by atoms with Crippen LogP contribution in [0.15, 0.2) is 24.3 Å². The largest absolute Gasteiger partial charge is 0.298 e. The number of carbonyl (C=O) groups excluding carboxylic acids is 1. The van der Waals surface area contributed by atoms with Gasteiger partial charge in [-0.05, 0) is 24.3 Å². The van der Waals surface area contributed by atoms with Gasteiger partial charge in [-0.25, -0.2) is 13.5 Å². The lowest BCUT2D eigenvalue weighted by atomic mass is 10.3. The minimum absolute atomic E-state index is 0.150. The maximum atomic E-state index is 12.7. The number of hydrogen-bond donors (Lipinski definition) is 0. The van der Waals surface area contributed by atoms with Gasteiger partial charge in [-0.1, -0.05) is 23.2 Å². The summed E-state index contributed by atoms with van der Waals surface area (Å²) in [7, 11) is 0. The van der Waals surface area contributed by atoms with E-state index in [4.69, 9.17) is 23.2 Å². The van der Waals surface area contributed by atoms with Gasteiger partial charge in [-0.2, -0.15) is 5.10 Å². The van der Waals surface area contributed by atoms with E-state index in [9.17, 15) is 13.6 Å². The Labute approximate surface area is 111 Å². The molecule has 3 nitrogen and oxygen atoms in total. The Morgan fingerprint density at radius 1 is 1.22 bits per heavy atom. The molecule has 2 rings (SSSR count). The minimum Gasteiger partial charge on any atom is -0.298 e. The molecule has 0 N–H and O–H groups in total. The zero-order chi connectivity index (χ0) is 13.3.